The molecule has 1 aromatic carbocycles. The lowest BCUT2D eigenvalue weighted by atomic mass is 10.2. The van der Waals surface area contributed by atoms with Crippen LogP contribution in [0, 0.1) is 5.82 Å². The summed E-state index contributed by atoms with van der Waals surface area (Å²) < 4.78 is 20.1. The minimum Gasteiger partial charge on any atom is -0.494 e. The van der Waals surface area contributed by atoms with Crippen molar-refractivity contribution in [1.82, 2.24) is 14.5 Å². The minimum absolute atomic E-state index is 0.149. The number of methoxy groups -OCH3 is 1. The first-order chi connectivity index (χ1) is 10.5. The molecule has 0 aliphatic rings. The van der Waals surface area contributed by atoms with Crippen LogP contribution >= 0.6 is 0 Å². The summed E-state index contributed by atoms with van der Waals surface area (Å²) in [5, 5.41) is 0. The summed E-state index contributed by atoms with van der Waals surface area (Å²) in [7, 11) is 4.98. The third-order valence-electron chi connectivity index (χ3n) is 3.27. The minimum atomic E-state index is -0.433. The molecule has 0 atom stereocenters. The number of aromatic nitrogens is 2. The van der Waals surface area contributed by atoms with Crippen LogP contribution in [0.25, 0.3) is 6.08 Å². The Hall–Kier alpha value is -2.63. The summed E-state index contributed by atoms with van der Waals surface area (Å²) in [5.74, 6) is 0.354. The highest BCUT2D eigenvalue weighted by Crippen LogP contribution is 2.19. The van der Waals surface area contributed by atoms with Crippen LogP contribution < -0.4 is 4.74 Å². The number of benzene rings is 1. The molecule has 0 spiro atoms. The molecule has 5 nitrogen and oxygen atoms in total. The molecule has 116 valence electrons. The second-order valence-corrected chi connectivity index (χ2v) is 4.88. The maximum Gasteiger partial charge on any atom is 0.246 e. The van der Waals surface area contributed by atoms with Crippen molar-refractivity contribution in [3.05, 3.63) is 53.9 Å². The first-order valence-corrected chi connectivity index (χ1v) is 6.74. The van der Waals surface area contributed by atoms with Crippen molar-refractivity contribution in [2.45, 2.75) is 6.54 Å². The predicted octanol–water partition coefficient (Wildman–Crippen LogP) is 2.24. The molecule has 0 saturated heterocycles. The predicted molar refractivity (Wildman–Crippen MR) is 81.7 cm³/mol. The van der Waals surface area contributed by atoms with Gasteiger partial charge >= 0.3 is 0 Å². The molecule has 0 fully saturated rings. The van der Waals surface area contributed by atoms with Crippen molar-refractivity contribution in [3.8, 4) is 5.75 Å². The van der Waals surface area contributed by atoms with Gasteiger partial charge in [0.05, 0.1) is 13.7 Å². The number of ether oxygens (including phenoxy) is 1. The Morgan fingerprint density at radius 1 is 1.50 bits per heavy atom. The quantitative estimate of drug-likeness (QED) is 0.796. The van der Waals surface area contributed by atoms with E-state index in [0.29, 0.717) is 12.1 Å². The van der Waals surface area contributed by atoms with Crippen LogP contribution in [0.3, 0.4) is 0 Å². The third-order valence-corrected chi connectivity index (χ3v) is 3.27. The van der Waals surface area contributed by atoms with Gasteiger partial charge in [0.2, 0.25) is 5.91 Å². The van der Waals surface area contributed by atoms with Gasteiger partial charge in [-0.3, -0.25) is 4.79 Å². The molecule has 1 amide bonds. The zero-order chi connectivity index (χ0) is 16.1. The largest absolute Gasteiger partial charge is 0.494 e. The number of hydrogen-bond acceptors (Lipinski definition) is 3. The molecule has 0 saturated carbocycles. The van der Waals surface area contributed by atoms with Gasteiger partial charge in [0.15, 0.2) is 11.6 Å². The van der Waals surface area contributed by atoms with Gasteiger partial charge in [0, 0.05) is 32.6 Å². The number of nitrogens with zero attached hydrogens (tertiary/aromatic N) is 3. The Kier molecular flexibility index (Phi) is 4.93. The number of imidazole rings is 1. The molecule has 2 rings (SSSR count). The van der Waals surface area contributed by atoms with Crippen molar-refractivity contribution < 1.29 is 13.9 Å². The average molecular weight is 303 g/mol. The molecule has 1 aromatic heterocycles. The highest BCUT2D eigenvalue weighted by atomic mass is 19.1. The van der Waals surface area contributed by atoms with Crippen molar-refractivity contribution in [1.29, 1.82) is 0 Å². The van der Waals surface area contributed by atoms with Crippen molar-refractivity contribution in [3.63, 3.8) is 0 Å². The van der Waals surface area contributed by atoms with Crippen LogP contribution in [0.2, 0.25) is 0 Å². The smallest absolute Gasteiger partial charge is 0.246 e. The molecule has 2 aromatic rings. The zero-order valence-electron chi connectivity index (χ0n) is 12.8. The maximum atomic E-state index is 13.3. The number of carbonyl (C=O) groups excluding carboxylic acids is 1. The number of amides is 1. The molecule has 0 N–H and O–H groups in total. The Balaban J connectivity index is 2.03. The number of carbonyl (C=O) groups is 1. The van der Waals surface area contributed by atoms with E-state index < -0.39 is 5.82 Å². The van der Waals surface area contributed by atoms with Crippen LogP contribution in [0.4, 0.5) is 4.39 Å². The fourth-order valence-electron chi connectivity index (χ4n) is 1.91. The second kappa shape index (κ2) is 6.89. The maximum absolute atomic E-state index is 13.3. The van der Waals surface area contributed by atoms with Crippen molar-refractivity contribution >= 4 is 12.0 Å². The van der Waals surface area contributed by atoms with Gasteiger partial charge in [-0.2, -0.15) is 0 Å². The highest BCUT2D eigenvalue weighted by molar-refractivity contribution is 5.91. The Morgan fingerprint density at radius 2 is 2.27 bits per heavy atom. The van der Waals surface area contributed by atoms with Crippen LogP contribution in [0.15, 0.2) is 36.7 Å². The van der Waals surface area contributed by atoms with Crippen LogP contribution in [-0.2, 0) is 18.4 Å². The fourth-order valence-corrected chi connectivity index (χ4v) is 1.91. The molecule has 6 heteroatoms. The summed E-state index contributed by atoms with van der Waals surface area (Å²) in [6, 6.07) is 4.43. The lowest BCUT2D eigenvalue weighted by Crippen LogP contribution is -2.25. The molecule has 0 aliphatic carbocycles. The summed E-state index contributed by atoms with van der Waals surface area (Å²) in [6.07, 6.45) is 6.58. The van der Waals surface area contributed by atoms with Crippen LogP contribution in [0.5, 0.6) is 5.75 Å². The lowest BCUT2D eigenvalue weighted by molar-refractivity contribution is -0.125. The van der Waals surface area contributed by atoms with Crippen LogP contribution in [0.1, 0.15) is 11.4 Å². The van der Waals surface area contributed by atoms with Gasteiger partial charge in [-0.1, -0.05) is 6.07 Å². The van der Waals surface area contributed by atoms with Gasteiger partial charge in [-0.25, -0.2) is 9.37 Å². The summed E-state index contributed by atoms with van der Waals surface area (Å²) >= 11 is 0. The van der Waals surface area contributed by atoms with Gasteiger partial charge in [0.1, 0.15) is 5.82 Å². The molecule has 0 aliphatic heterocycles. The monoisotopic (exact) mass is 303 g/mol. The van der Waals surface area contributed by atoms with E-state index in [2.05, 4.69) is 4.98 Å². The third kappa shape index (κ3) is 3.72. The van der Waals surface area contributed by atoms with E-state index in [1.54, 1.807) is 30.3 Å². The van der Waals surface area contributed by atoms with E-state index in [4.69, 9.17) is 4.74 Å². The number of likely N-dealkylation sites (N-methyl/N-ethyl adjacent to an activating group) is 1. The summed E-state index contributed by atoms with van der Waals surface area (Å²) in [5.41, 5.74) is 0.692. The van der Waals surface area contributed by atoms with E-state index in [1.165, 1.54) is 25.3 Å². The molecular weight excluding hydrogens is 285 g/mol. The Labute approximate surface area is 128 Å². The highest BCUT2D eigenvalue weighted by Gasteiger charge is 2.09. The Bertz CT molecular complexity index is 694. The van der Waals surface area contributed by atoms with Gasteiger partial charge in [0.25, 0.3) is 0 Å². The summed E-state index contributed by atoms with van der Waals surface area (Å²) in [4.78, 5) is 17.8. The number of rotatable bonds is 5. The molecule has 0 radical (unpaired) electrons. The second-order valence-electron chi connectivity index (χ2n) is 4.88. The average Bonchev–Trinajstić information content (AvgIpc) is 2.91. The van der Waals surface area contributed by atoms with Gasteiger partial charge < -0.3 is 14.2 Å². The van der Waals surface area contributed by atoms with Crippen molar-refractivity contribution in [2.24, 2.45) is 7.05 Å². The fraction of sp³-hybridized carbons (Fsp3) is 0.250. The Morgan fingerprint density at radius 3 is 2.91 bits per heavy atom. The normalized spacial score (nSPS) is 10.9. The first kappa shape index (κ1) is 15.8. The first-order valence-electron chi connectivity index (χ1n) is 6.74. The molecular formula is C16H18FN3O2. The van der Waals surface area contributed by atoms with Crippen LogP contribution in [-0.4, -0.2) is 34.5 Å². The topological polar surface area (TPSA) is 47.4 Å². The molecule has 1 heterocycles. The summed E-state index contributed by atoms with van der Waals surface area (Å²) in [6.45, 7) is 0.416. The van der Waals surface area contributed by atoms with Gasteiger partial charge in [-0.15, -0.1) is 0 Å². The lowest BCUT2D eigenvalue weighted by Gasteiger charge is -2.14. The van der Waals surface area contributed by atoms with E-state index in [9.17, 15) is 9.18 Å². The van der Waals surface area contributed by atoms with E-state index >= 15 is 0 Å². The SMILES string of the molecule is COc1cc(C=CC(=O)N(C)Cc2nccn2C)ccc1F. The molecule has 0 bridgehead atoms. The van der Waals surface area contributed by atoms with E-state index in [-0.39, 0.29) is 11.7 Å². The van der Waals surface area contributed by atoms with Gasteiger partial charge in [-0.05, 0) is 23.8 Å². The van der Waals surface area contributed by atoms with Crippen molar-refractivity contribution in [2.75, 3.05) is 14.2 Å². The zero-order valence-corrected chi connectivity index (χ0v) is 12.8. The van der Waals surface area contributed by atoms with E-state index in [0.717, 1.165) is 5.82 Å². The number of halogens is 1. The standard InChI is InChI=1S/C16H18FN3O2/c1-19-9-8-18-15(19)11-20(2)16(21)7-5-12-4-6-13(17)14(10-12)22-3/h4-10H,11H2,1-3H3. The number of aryl methyl sites for hydroxylation is 1. The number of hydrogen-bond donors (Lipinski definition) is 0. The molecule has 0 unspecified atom stereocenters. The molecule has 22 heavy (non-hydrogen) atoms. The van der Waals surface area contributed by atoms with E-state index in [1.807, 2.05) is 17.8 Å².